The number of aryl methyl sites for hydroxylation is 1. The number of amides is 1. The van der Waals surface area contributed by atoms with E-state index in [2.05, 4.69) is 0 Å². The summed E-state index contributed by atoms with van der Waals surface area (Å²) >= 11 is 1.87. The third-order valence-electron chi connectivity index (χ3n) is 3.24. The summed E-state index contributed by atoms with van der Waals surface area (Å²) in [7, 11) is 1.82. The van der Waals surface area contributed by atoms with Gasteiger partial charge in [-0.1, -0.05) is 12.1 Å². The fraction of sp³-hybridized carbons (Fsp3) is 0.462. The van der Waals surface area contributed by atoms with Crippen LogP contribution in [0, 0.1) is 6.92 Å². The summed E-state index contributed by atoms with van der Waals surface area (Å²) in [6.45, 7) is 1.80. The van der Waals surface area contributed by atoms with E-state index in [1.165, 1.54) is 0 Å². The molecule has 1 saturated heterocycles. The van der Waals surface area contributed by atoms with E-state index in [0.717, 1.165) is 23.5 Å². The van der Waals surface area contributed by atoms with Gasteiger partial charge in [-0.05, 0) is 30.7 Å². The van der Waals surface area contributed by atoms with E-state index in [9.17, 15) is 9.90 Å². The molecule has 1 heterocycles. The zero-order chi connectivity index (χ0) is 12.4. The molecule has 1 aliphatic heterocycles. The van der Waals surface area contributed by atoms with Crippen LogP contribution in [0.2, 0.25) is 0 Å². The molecule has 1 aromatic rings. The predicted molar refractivity (Wildman–Crippen MR) is 70.7 cm³/mol. The molecule has 1 fully saturated rings. The molecule has 4 heteroatoms. The van der Waals surface area contributed by atoms with Gasteiger partial charge in [-0.15, -0.1) is 0 Å². The molecule has 0 aliphatic carbocycles. The molecule has 2 rings (SSSR count). The van der Waals surface area contributed by atoms with Crippen molar-refractivity contribution in [3.8, 4) is 5.75 Å². The molecule has 1 amide bonds. The van der Waals surface area contributed by atoms with Crippen molar-refractivity contribution in [2.75, 3.05) is 18.6 Å². The second-order valence-electron chi connectivity index (χ2n) is 4.40. The number of thioether (sulfide) groups is 1. The minimum atomic E-state index is -0.0845. The van der Waals surface area contributed by atoms with Gasteiger partial charge in [0.25, 0.3) is 5.91 Å². The highest BCUT2D eigenvalue weighted by molar-refractivity contribution is 7.99. The number of phenolic OH excluding ortho intramolecular Hbond substituents is 1. The molecule has 1 atom stereocenters. The number of hydrogen-bond acceptors (Lipinski definition) is 3. The molecule has 0 bridgehead atoms. The van der Waals surface area contributed by atoms with Crippen molar-refractivity contribution in [3.05, 3.63) is 29.3 Å². The van der Waals surface area contributed by atoms with E-state index >= 15 is 0 Å². The topological polar surface area (TPSA) is 40.5 Å². The lowest BCUT2D eigenvalue weighted by molar-refractivity contribution is 0.0744. The molecular weight excluding hydrogens is 234 g/mol. The third-order valence-corrected chi connectivity index (χ3v) is 4.39. The van der Waals surface area contributed by atoms with Gasteiger partial charge >= 0.3 is 0 Å². The molecule has 1 N–H and O–H groups in total. The lowest BCUT2D eigenvalue weighted by atomic mass is 10.1. The Morgan fingerprint density at radius 3 is 2.94 bits per heavy atom. The minimum Gasteiger partial charge on any atom is -0.507 e. The maximum absolute atomic E-state index is 12.3. The lowest BCUT2D eigenvalue weighted by Crippen LogP contribution is -2.37. The average molecular weight is 251 g/mol. The van der Waals surface area contributed by atoms with Crippen LogP contribution in [0.5, 0.6) is 5.75 Å². The first-order valence-electron chi connectivity index (χ1n) is 5.74. The van der Waals surface area contributed by atoms with E-state index < -0.39 is 0 Å². The molecule has 3 nitrogen and oxygen atoms in total. The molecule has 0 saturated carbocycles. The van der Waals surface area contributed by atoms with Gasteiger partial charge < -0.3 is 10.0 Å². The van der Waals surface area contributed by atoms with Crippen molar-refractivity contribution in [2.45, 2.75) is 19.4 Å². The minimum absolute atomic E-state index is 0.0845. The number of rotatable bonds is 2. The molecular formula is C13H17NO2S. The highest BCUT2D eigenvalue weighted by atomic mass is 32.2. The Morgan fingerprint density at radius 2 is 2.29 bits per heavy atom. The second-order valence-corrected chi connectivity index (χ2v) is 5.55. The molecule has 0 aromatic heterocycles. The van der Waals surface area contributed by atoms with Gasteiger partial charge in [0, 0.05) is 18.8 Å². The van der Waals surface area contributed by atoms with Crippen LogP contribution < -0.4 is 0 Å². The summed E-state index contributed by atoms with van der Waals surface area (Å²) in [5.41, 5.74) is 1.15. The zero-order valence-corrected chi connectivity index (χ0v) is 11.0. The van der Waals surface area contributed by atoms with E-state index in [-0.39, 0.29) is 11.7 Å². The molecule has 0 spiro atoms. The van der Waals surface area contributed by atoms with Gasteiger partial charge in [0.15, 0.2) is 0 Å². The summed E-state index contributed by atoms with van der Waals surface area (Å²) in [6.07, 6.45) is 1.04. The van der Waals surface area contributed by atoms with Crippen molar-refractivity contribution in [3.63, 3.8) is 0 Å². The van der Waals surface area contributed by atoms with Crippen molar-refractivity contribution < 1.29 is 9.90 Å². The fourth-order valence-electron chi connectivity index (χ4n) is 2.01. The Kier molecular flexibility index (Phi) is 3.62. The summed E-state index contributed by atoms with van der Waals surface area (Å²) < 4.78 is 0. The highest BCUT2D eigenvalue weighted by Crippen LogP contribution is 2.26. The number of hydrogen-bond donors (Lipinski definition) is 1. The van der Waals surface area contributed by atoms with E-state index in [1.807, 2.05) is 18.8 Å². The van der Waals surface area contributed by atoms with Crippen molar-refractivity contribution in [1.29, 1.82) is 0 Å². The predicted octanol–water partition coefficient (Wildman–Crippen LogP) is 2.28. The summed E-state index contributed by atoms with van der Waals surface area (Å²) in [5.74, 6) is 2.13. The number of phenols is 1. The summed E-state index contributed by atoms with van der Waals surface area (Å²) in [4.78, 5) is 14.0. The van der Waals surface area contributed by atoms with Gasteiger partial charge in [-0.25, -0.2) is 0 Å². The lowest BCUT2D eigenvalue weighted by Gasteiger charge is -2.24. The molecule has 1 aromatic carbocycles. The molecule has 0 radical (unpaired) electrons. The number of nitrogens with zero attached hydrogens (tertiary/aromatic N) is 1. The van der Waals surface area contributed by atoms with Crippen LogP contribution in [0.25, 0.3) is 0 Å². The van der Waals surface area contributed by atoms with Crippen LogP contribution in [-0.4, -0.2) is 40.5 Å². The number of para-hydroxylation sites is 1. The van der Waals surface area contributed by atoms with Crippen molar-refractivity contribution in [1.82, 2.24) is 4.90 Å². The first-order chi connectivity index (χ1) is 8.11. The second kappa shape index (κ2) is 5.00. The van der Waals surface area contributed by atoms with E-state index in [1.54, 1.807) is 30.0 Å². The maximum Gasteiger partial charge on any atom is 0.257 e. The van der Waals surface area contributed by atoms with Gasteiger partial charge in [0.1, 0.15) is 5.75 Å². The fourth-order valence-corrected chi connectivity index (χ4v) is 3.28. The average Bonchev–Trinajstić information content (AvgIpc) is 2.84. The van der Waals surface area contributed by atoms with Gasteiger partial charge in [0.05, 0.1) is 5.56 Å². The quantitative estimate of drug-likeness (QED) is 0.876. The summed E-state index contributed by atoms with van der Waals surface area (Å²) in [6, 6.07) is 5.59. The molecule has 92 valence electrons. The smallest absolute Gasteiger partial charge is 0.257 e. The van der Waals surface area contributed by atoms with Gasteiger partial charge in [-0.2, -0.15) is 11.8 Å². The SMILES string of the molecule is Cc1cccc(C(=O)N(C)C2CCSC2)c1O. The van der Waals surface area contributed by atoms with Crippen LogP contribution in [-0.2, 0) is 0 Å². The van der Waals surface area contributed by atoms with E-state index in [4.69, 9.17) is 0 Å². The third kappa shape index (κ3) is 2.41. The molecule has 1 aliphatic rings. The monoisotopic (exact) mass is 251 g/mol. The summed E-state index contributed by atoms with van der Waals surface area (Å²) in [5, 5.41) is 9.91. The van der Waals surface area contributed by atoms with Gasteiger partial charge in [-0.3, -0.25) is 4.79 Å². The number of carbonyl (C=O) groups excluding carboxylic acids is 1. The van der Waals surface area contributed by atoms with Crippen LogP contribution in [0.3, 0.4) is 0 Å². The Balaban J connectivity index is 2.21. The Hall–Kier alpha value is -1.16. The molecule has 1 unspecified atom stereocenters. The van der Waals surface area contributed by atoms with E-state index in [0.29, 0.717) is 11.6 Å². The first kappa shape index (κ1) is 12.3. The zero-order valence-electron chi connectivity index (χ0n) is 10.1. The van der Waals surface area contributed by atoms with Crippen LogP contribution in [0.1, 0.15) is 22.3 Å². The number of benzene rings is 1. The Labute approximate surface area is 106 Å². The normalized spacial score (nSPS) is 19.3. The van der Waals surface area contributed by atoms with Crippen LogP contribution in [0.15, 0.2) is 18.2 Å². The number of carbonyl (C=O) groups is 1. The van der Waals surface area contributed by atoms with Crippen molar-refractivity contribution >= 4 is 17.7 Å². The maximum atomic E-state index is 12.3. The Morgan fingerprint density at radius 1 is 1.53 bits per heavy atom. The van der Waals surface area contributed by atoms with Crippen LogP contribution >= 0.6 is 11.8 Å². The first-order valence-corrected chi connectivity index (χ1v) is 6.90. The number of aromatic hydroxyl groups is 1. The standard InChI is InChI=1S/C13H17NO2S/c1-9-4-3-5-11(12(9)15)13(16)14(2)10-6-7-17-8-10/h3-5,10,15H,6-8H2,1-2H3. The highest BCUT2D eigenvalue weighted by Gasteiger charge is 2.26. The van der Waals surface area contributed by atoms with Crippen molar-refractivity contribution in [2.24, 2.45) is 0 Å². The van der Waals surface area contributed by atoms with Gasteiger partial charge in [0.2, 0.25) is 0 Å². The largest absolute Gasteiger partial charge is 0.507 e. The van der Waals surface area contributed by atoms with Crippen LogP contribution in [0.4, 0.5) is 0 Å². The molecule has 17 heavy (non-hydrogen) atoms. The Bertz CT molecular complexity index is 427.